The summed E-state index contributed by atoms with van der Waals surface area (Å²) in [5.74, 6) is -1.28. The number of methoxy groups -OCH3 is 1. The third-order valence-corrected chi connectivity index (χ3v) is 5.80. The van der Waals surface area contributed by atoms with E-state index < -0.39 is 17.7 Å². The standard InChI is InChI=1S/C26H22ClNO4/c1-15-6-4-8-17(12-15)23-22(24(29)18-10-11-21(32-3)20(27)14-18)25(30)26(31)28(23)19-9-5-7-16(2)13-19/h4-14,23,29H,1-3H3/b24-22-. The van der Waals surface area contributed by atoms with Crippen molar-refractivity contribution in [3.63, 3.8) is 0 Å². The molecule has 1 amide bonds. The van der Waals surface area contributed by atoms with Crippen molar-refractivity contribution >= 4 is 34.7 Å². The number of benzene rings is 3. The molecule has 0 aromatic heterocycles. The van der Waals surface area contributed by atoms with Gasteiger partial charge in [-0.15, -0.1) is 0 Å². The summed E-state index contributed by atoms with van der Waals surface area (Å²) in [6, 6.07) is 18.9. The van der Waals surface area contributed by atoms with E-state index in [4.69, 9.17) is 16.3 Å². The van der Waals surface area contributed by atoms with Crippen molar-refractivity contribution in [3.8, 4) is 5.75 Å². The van der Waals surface area contributed by atoms with Gasteiger partial charge in [-0.1, -0.05) is 53.6 Å². The molecule has 162 valence electrons. The second kappa shape index (κ2) is 8.52. The molecule has 3 aromatic carbocycles. The van der Waals surface area contributed by atoms with Gasteiger partial charge in [0.1, 0.15) is 11.5 Å². The van der Waals surface area contributed by atoms with Gasteiger partial charge in [-0.3, -0.25) is 14.5 Å². The average molecular weight is 448 g/mol. The normalized spacial score (nSPS) is 17.6. The number of ketones is 1. The summed E-state index contributed by atoms with van der Waals surface area (Å²) < 4.78 is 5.17. The maximum atomic E-state index is 13.2. The van der Waals surface area contributed by atoms with Gasteiger partial charge in [0, 0.05) is 11.3 Å². The summed E-state index contributed by atoms with van der Waals surface area (Å²) in [4.78, 5) is 27.8. The van der Waals surface area contributed by atoms with E-state index in [9.17, 15) is 14.7 Å². The minimum absolute atomic E-state index is 0.0170. The fourth-order valence-electron chi connectivity index (χ4n) is 4.00. The largest absolute Gasteiger partial charge is 0.507 e. The SMILES string of the molecule is COc1ccc(/C(O)=C2/C(=O)C(=O)N(c3cccc(C)c3)C2c2cccc(C)c2)cc1Cl. The molecule has 1 heterocycles. The first-order valence-corrected chi connectivity index (χ1v) is 10.5. The van der Waals surface area contributed by atoms with Crippen molar-refractivity contribution in [2.45, 2.75) is 19.9 Å². The van der Waals surface area contributed by atoms with Crippen LogP contribution in [0.2, 0.25) is 5.02 Å². The number of carbonyl (C=O) groups excluding carboxylic acids is 2. The van der Waals surface area contributed by atoms with E-state index in [1.54, 1.807) is 18.2 Å². The lowest BCUT2D eigenvalue weighted by Crippen LogP contribution is -2.29. The van der Waals surface area contributed by atoms with Crippen molar-refractivity contribution in [2.75, 3.05) is 12.0 Å². The predicted molar refractivity (Wildman–Crippen MR) is 125 cm³/mol. The Labute approximate surface area is 191 Å². The summed E-state index contributed by atoms with van der Waals surface area (Å²) in [7, 11) is 1.49. The fraction of sp³-hybridized carbons (Fsp3) is 0.154. The third kappa shape index (κ3) is 3.76. The molecule has 0 spiro atoms. The lowest BCUT2D eigenvalue weighted by atomic mass is 9.94. The summed E-state index contributed by atoms with van der Waals surface area (Å²) >= 11 is 6.24. The quantitative estimate of drug-likeness (QED) is 0.321. The number of aliphatic hydroxyl groups excluding tert-OH is 1. The maximum absolute atomic E-state index is 13.2. The zero-order chi connectivity index (χ0) is 23.0. The second-order valence-corrected chi connectivity index (χ2v) is 8.18. The first-order chi connectivity index (χ1) is 15.3. The Morgan fingerprint density at radius 3 is 2.28 bits per heavy atom. The molecular weight excluding hydrogens is 426 g/mol. The molecule has 3 aromatic rings. The number of carbonyl (C=O) groups is 2. The Morgan fingerprint density at radius 1 is 0.969 bits per heavy atom. The van der Waals surface area contributed by atoms with E-state index in [-0.39, 0.29) is 16.4 Å². The van der Waals surface area contributed by atoms with Crippen LogP contribution in [0.4, 0.5) is 5.69 Å². The number of ether oxygens (including phenoxy) is 1. The zero-order valence-electron chi connectivity index (χ0n) is 17.9. The minimum Gasteiger partial charge on any atom is -0.507 e. The number of nitrogens with zero attached hydrogens (tertiary/aromatic N) is 1. The Morgan fingerprint density at radius 2 is 1.66 bits per heavy atom. The molecule has 0 aliphatic carbocycles. The van der Waals surface area contributed by atoms with E-state index in [1.807, 2.05) is 56.3 Å². The molecule has 0 radical (unpaired) electrons. The second-order valence-electron chi connectivity index (χ2n) is 7.77. The molecule has 0 bridgehead atoms. The third-order valence-electron chi connectivity index (χ3n) is 5.51. The van der Waals surface area contributed by atoms with Gasteiger partial charge in [0.15, 0.2) is 0 Å². The topological polar surface area (TPSA) is 66.8 Å². The first kappa shape index (κ1) is 21.7. The van der Waals surface area contributed by atoms with E-state index >= 15 is 0 Å². The van der Waals surface area contributed by atoms with E-state index in [2.05, 4.69) is 0 Å². The molecule has 1 N–H and O–H groups in total. The zero-order valence-corrected chi connectivity index (χ0v) is 18.7. The number of hydrogen-bond acceptors (Lipinski definition) is 4. The number of hydrogen-bond donors (Lipinski definition) is 1. The summed E-state index contributed by atoms with van der Waals surface area (Å²) in [5.41, 5.74) is 3.59. The van der Waals surface area contributed by atoms with Crippen molar-refractivity contribution in [3.05, 3.63) is 99.6 Å². The van der Waals surface area contributed by atoms with Crippen LogP contribution in [0.15, 0.2) is 72.3 Å². The number of aryl methyl sites for hydroxylation is 2. The Bertz CT molecular complexity index is 1260. The van der Waals surface area contributed by atoms with Gasteiger partial charge in [-0.25, -0.2) is 0 Å². The van der Waals surface area contributed by atoms with Crippen LogP contribution < -0.4 is 9.64 Å². The number of halogens is 1. The predicted octanol–water partition coefficient (Wildman–Crippen LogP) is 5.59. The molecule has 5 nitrogen and oxygen atoms in total. The fourth-order valence-corrected chi connectivity index (χ4v) is 4.26. The van der Waals surface area contributed by atoms with Crippen molar-refractivity contribution in [1.29, 1.82) is 0 Å². The van der Waals surface area contributed by atoms with Crippen molar-refractivity contribution in [2.24, 2.45) is 0 Å². The van der Waals surface area contributed by atoms with Gasteiger partial charge in [-0.2, -0.15) is 0 Å². The van der Waals surface area contributed by atoms with Crippen molar-refractivity contribution in [1.82, 2.24) is 0 Å². The number of rotatable bonds is 4. The molecule has 6 heteroatoms. The molecule has 1 aliphatic rings. The van der Waals surface area contributed by atoms with E-state index in [1.165, 1.54) is 18.1 Å². The highest BCUT2D eigenvalue weighted by Crippen LogP contribution is 2.43. The summed E-state index contributed by atoms with van der Waals surface area (Å²) in [6.07, 6.45) is 0. The average Bonchev–Trinajstić information content (AvgIpc) is 3.04. The van der Waals surface area contributed by atoms with Crippen LogP contribution in [0, 0.1) is 13.8 Å². The van der Waals surface area contributed by atoms with Crippen LogP contribution in [-0.2, 0) is 9.59 Å². The molecule has 1 saturated heterocycles. The van der Waals surface area contributed by atoms with Crippen LogP contribution in [0.3, 0.4) is 0 Å². The van der Waals surface area contributed by atoms with Crippen LogP contribution in [-0.4, -0.2) is 23.9 Å². The molecule has 4 rings (SSSR count). The Kier molecular flexibility index (Phi) is 5.76. The maximum Gasteiger partial charge on any atom is 0.300 e. The highest BCUT2D eigenvalue weighted by molar-refractivity contribution is 6.51. The first-order valence-electron chi connectivity index (χ1n) is 10.1. The molecular formula is C26H22ClNO4. The summed E-state index contributed by atoms with van der Waals surface area (Å²) in [5, 5.41) is 11.5. The minimum atomic E-state index is -0.780. The van der Waals surface area contributed by atoms with E-state index in [0.29, 0.717) is 17.0 Å². The monoisotopic (exact) mass is 447 g/mol. The van der Waals surface area contributed by atoms with Gasteiger partial charge in [0.05, 0.1) is 23.7 Å². The Balaban J connectivity index is 1.95. The molecule has 1 unspecified atom stereocenters. The highest BCUT2D eigenvalue weighted by Gasteiger charge is 2.47. The van der Waals surface area contributed by atoms with Crippen LogP contribution >= 0.6 is 11.6 Å². The number of anilines is 1. The smallest absolute Gasteiger partial charge is 0.300 e. The van der Waals surface area contributed by atoms with Crippen LogP contribution in [0.1, 0.15) is 28.3 Å². The summed E-state index contributed by atoms with van der Waals surface area (Å²) in [6.45, 7) is 3.85. The van der Waals surface area contributed by atoms with E-state index in [0.717, 1.165) is 16.7 Å². The van der Waals surface area contributed by atoms with Gasteiger partial charge >= 0.3 is 0 Å². The Hall–Kier alpha value is -3.57. The lowest BCUT2D eigenvalue weighted by molar-refractivity contribution is -0.132. The number of Topliss-reactive ketones (excluding diaryl/α,β-unsaturated/α-hetero) is 1. The van der Waals surface area contributed by atoms with Crippen molar-refractivity contribution < 1.29 is 19.4 Å². The molecule has 1 atom stereocenters. The van der Waals surface area contributed by atoms with Gasteiger partial charge in [-0.05, 0) is 55.3 Å². The van der Waals surface area contributed by atoms with Gasteiger partial charge in [0.2, 0.25) is 0 Å². The molecule has 1 aliphatic heterocycles. The number of amides is 1. The van der Waals surface area contributed by atoms with Gasteiger partial charge in [0.25, 0.3) is 11.7 Å². The van der Waals surface area contributed by atoms with Crippen LogP contribution in [0.5, 0.6) is 5.75 Å². The van der Waals surface area contributed by atoms with Crippen LogP contribution in [0.25, 0.3) is 5.76 Å². The molecule has 1 fully saturated rings. The molecule has 32 heavy (non-hydrogen) atoms. The highest BCUT2D eigenvalue weighted by atomic mass is 35.5. The number of aliphatic hydroxyl groups is 1. The molecule has 0 saturated carbocycles. The van der Waals surface area contributed by atoms with Gasteiger partial charge < -0.3 is 9.84 Å². The lowest BCUT2D eigenvalue weighted by Gasteiger charge is -2.26.